The summed E-state index contributed by atoms with van der Waals surface area (Å²) in [6.45, 7) is 0. The number of allylic oxidation sites excluding steroid dienone is 1. The van der Waals surface area contributed by atoms with Crippen molar-refractivity contribution in [3.63, 3.8) is 0 Å². The fourth-order valence-electron chi connectivity index (χ4n) is 7.48. The zero-order chi connectivity index (χ0) is 33.0. The number of nitrogens with one attached hydrogen (secondary N) is 1. The van der Waals surface area contributed by atoms with Crippen LogP contribution < -0.4 is 5.32 Å². The number of hydrogen-bond donors (Lipinski definition) is 1. The minimum Gasteiger partial charge on any atom is -0.353 e. The summed E-state index contributed by atoms with van der Waals surface area (Å²) in [5, 5.41) is 8.64. The van der Waals surface area contributed by atoms with Crippen molar-refractivity contribution in [3.8, 4) is 33.4 Å². The summed E-state index contributed by atoms with van der Waals surface area (Å²) in [6.07, 6.45) is 3.82. The SMILES string of the molecule is C1=CC(c2ccc(-c3cccc(-c4ccccc4)c3)cc2)=NC(n2c3ccccc3c3cc(-c4cccc5c4sc4ccccc45)ccc32)N1. The molecule has 0 aliphatic carbocycles. The molecule has 0 saturated heterocycles. The smallest absolute Gasteiger partial charge is 0.201 e. The minimum absolute atomic E-state index is 0.281. The average Bonchev–Trinajstić information content (AvgIpc) is 3.74. The summed E-state index contributed by atoms with van der Waals surface area (Å²) in [5.41, 5.74) is 11.7. The monoisotopic (exact) mass is 657 g/mol. The van der Waals surface area contributed by atoms with Crippen LogP contribution in [0.1, 0.15) is 11.9 Å². The highest BCUT2D eigenvalue weighted by atomic mass is 32.1. The molecule has 0 fully saturated rings. The van der Waals surface area contributed by atoms with E-state index in [1.165, 1.54) is 64.3 Å². The van der Waals surface area contributed by atoms with E-state index in [4.69, 9.17) is 4.99 Å². The van der Waals surface area contributed by atoms with Gasteiger partial charge in [0.05, 0.1) is 16.7 Å². The van der Waals surface area contributed by atoms with Crippen molar-refractivity contribution in [2.75, 3.05) is 0 Å². The van der Waals surface area contributed by atoms with Crippen LogP contribution in [0.2, 0.25) is 0 Å². The highest BCUT2D eigenvalue weighted by molar-refractivity contribution is 7.26. The van der Waals surface area contributed by atoms with E-state index in [1.54, 1.807) is 0 Å². The largest absolute Gasteiger partial charge is 0.353 e. The van der Waals surface area contributed by atoms with E-state index in [9.17, 15) is 0 Å². The second-order valence-corrected chi connectivity index (χ2v) is 13.9. The van der Waals surface area contributed by atoms with Crippen molar-refractivity contribution < 1.29 is 0 Å². The maximum atomic E-state index is 5.28. The molecule has 0 spiro atoms. The van der Waals surface area contributed by atoms with Gasteiger partial charge in [0.2, 0.25) is 6.29 Å². The molecule has 9 aromatic rings. The van der Waals surface area contributed by atoms with Crippen molar-refractivity contribution in [1.29, 1.82) is 0 Å². The van der Waals surface area contributed by atoms with Gasteiger partial charge in [-0.25, -0.2) is 4.99 Å². The van der Waals surface area contributed by atoms with Gasteiger partial charge in [-0.05, 0) is 75.4 Å². The number of para-hydroxylation sites is 1. The third-order valence-corrected chi connectivity index (χ3v) is 11.1. The molecule has 50 heavy (non-hydrogen) atoms. The highest BCUT2D eigenvalue weighted by Crippen LogP contribution is 2.42. The van der Waals surface area contributed by atoms with E-state index < -0.39 is 0 Å². The third kappa shape index (κ3) is 4.76. The van der Waals surface area contributed by atoms with Gasteiger partial charge in [-0.2, -0.15) is 0 Å². The minimum atomic E-state index is -0.281. The topological polar surface area (TPSA) is 29.3 Å². The first-order chi connectivity index (χ1) is 24.8. The van der Waals surface area contributed by atoms with Crippen LogP contribution in [0.4, 0.5) is 0 Å². The number of fused-ring (bicyclic) bond motifs is 6. The van der Waals surface area contributed by atoms with Crippen LogP contribution in [0, 0.1) is 0 Å². The number of hydrogen-bond acceptors (Lipinski definition) is 3. The van der Waals surface area contributed by atoms with Crippen molar-refractivity contribution in [2.45, 2.75) is 6.29 Å². The molecule has 4 heteroatoms. The van der Waals surface area contributed by atoms with Crippen molar-refractivity contribution in [3.05, 3.63) is 182 Å². The van der Waals surface area contributed by atoms with Crippen LogP contribution in [-0.2, 0) is 0 Å². The molecule has 236 valence electrons. The Morgan fingerprint density at radius 1 is 0.480 bits per heavy atom. The lowest BCUT2D eigenvalue weighted by molar-refractivity contribution is 0.499. The quantitative estimate of drug-likeness (QED) is 0.196. The van der Waals surface area contributed by atoms with Crippen LogP contribution in [0.15, 0.2) is 181 Å². The molecule has 0 bridgehead atoms. The second-order valence-electron chi connectivity index (χ2n) is 12.8. The summed E-state index contributed by atoms with van der Waals surface area (Å²) in [4.78, 5) is 5.28. The summed E-state index contributed by atoms with van der Waals surface area (Å²) >= 11 is 1.88. The van der Waals surface area contributed by atoms with Gasteiger partial charge >= 0.3 is 0 Å². The molecule has 0 amide bonds. The van der Waals surface area contributed by atoms with Crippen molar-refractivity contribution >= 4 is 59.0 Å². The van der Waals surface area contributed by atoms with Gasteiger partial charge in [-0.3, -0.25) is 0 Å². The normalized spacial score (nSPS) is 14.4. The molecular formula is C46H31N3S. The first-order valence-electron chi connectivity index (χ1n) is 17.0. The van der Waals surface area contributed by atoms with Gasteiger partial charge in [0.15, 0.2) is 0 Å². The molecule has 1 N–H and O–H groups in total. The fraction of sp³-hybridized carbons (Fsp3) is 0.0217. The Morgan fingerprint density at radius 3 is 1.98 bits per heavy atom. The molecule has 1 aliphatic rings. The Kier molecular flexibility index (Phi) is 6.74. The zero-order valence-corrected chi connectivity index (χ0v) is 27.9. The van der Waals surface area contributed by atoms with E-state index in [-0.39, 0.29) is 6.29 Å². The lowest BCUT2D eigenvalue weighted by atomic mass is 9.98. The molecule has 10 rings (SSSR count). The summed E-state index contributed by atoms with van der Waals surface area (Å²) in [7, 11) is 0. The molecule has 7 aromatic carbocycles. The van der Waals surface area contributed by atoms with E-state index in [0.29, 0.717) is 0 Å². The number of rotatable bonds is 5. The van der Waals surface area contributed by atoms with E-state index >= 15 is 0 Å². The Morgan fingerprint density at radius 2 is 1.12 bits per heavy atom. The zero-order valence-electron chi connectivity index (χ0n) is 27.1. The highest BCUT2D eigenvalue weighted by Gasteiger charge is 2.21. The van der Waals surface area contributed by atoms with Gasteiger partial charge in [0.1, 0.15) is 0 Å². The number of aromatic nitrogens is 1. The predicted molar refractivity (Wildman–Crippen MR) is 213 cm³/mol. The van der Waals surface area contributed by atoms with Gasteiger partial charge in [-0.15, -0.1) is 11.3 Å². The summed E-state index contributed by atoms with van der Waals surface area (Å²) in [6, 6.07) is 59.0. The molecule has 1 aliphatic heterocycles. The predicted octanol–water partition coefficient (Wildman–Crippen LogP) is 12.2. The van der Waals surface area contributed by atoms with Crippen molar-refractivity contribution in [1.82, 2.24) is 9.88 Å². The van der Waals surface area contributed by atoms with Crippen LogP contribution in [-0.4, -0.2) is 10.3 Å². The lowest BCUT2D eigenvalue weighted by Gasteiger charge is -2.22. The van der Waals surface area contributed by atoms with Crippen molar-refractivity contribution in [2.24, 2.45) is 4.99 Å². The molecule has 2 aromatic heterocycles. The van der Waals surface area contributed by atoms with E-state index in [1.807, 2.05) is 17.5 Å². The molecule has 0 radical (unpaired) electrons. The number of aliphatic imine (C=N–C) groups is 1. The number of benzene rings is 7. The first kappa shape index (κ1) is 28.8. The summed E-state index contributed by atoms with van der Waals surface area (Å²) in [5.74, 6) is 0. The second kappa shape index (κ2) is 11.7. The van der Waals surface area contributed by atoms with Gasteiger partial charge in [-0.1, -0.05) is 133 Å². The molecule has 1 atom stereocenters. The van der Waals surface area contributed by atoms with Gasteiger partial charge in [0.25, 0.3) is 0 Å². The van der Waals surface area contributed by atoms with Crippen LogP contribution in [0.5, 0.6) is 0 Å². The van der Waals surface area contributed by atoms with E-state index in [2.05, 4.69) is 180 Å². The summed E-state index contributed by atoms with van der Waals surface area (Å²) < 4.78 is 4.99. The molecule has 0 saturated carbocycles. The Hall–Kier alpha value is -6.23. The van der Waals surface area contributed by atoms with Gasteiger partial charge in [0, 0.05) is 37.1 Å². The molecule has 3 nitrogen and oxygen atoms in total. The number of nitrogens with zero attached hydrogens (tertiary/aromatic N) is 2. The molecule has 3 heterocycles. The standard InChI is InChI=1S/C46H31N3S/c1-2-10-30(11-3-1)33-12-8-13-34(28-33)31-20-22-32(23-21-31)41-26-27-47-46(48-41)49-42-18-6-4-14-37(42)40-29-35(24-25-43(40)49)36-16-9-17-39-38-15-5-7-19-44(38)50-45(36)39/h1-29,46-47H. The van der Waals surface area contributed by atoms with Crippen LogP contribution in [0.3, 0.4) is 0 Å². The average molecular weight is 658 g/mol. The first-order valence-corrected chi connectivity index (χ1v) is 17.8. The van der Waals surface area contributed by atoms with Crippen LogP contribution in [0.25, 0.3) is 75.4 Å². The van der Waals surface area contributed by atoms with E-state index in [0.717, 1.165) is 22.3 Å². The van der Waals surface area contributed by atoms with Crippen LogP contribution >= 0.6 is 11.3 Å². The maximum absolute atomic E-state index is 5.28. The Bertz CT molecular complexity index is 2780. The van der Waals surface area contributed by atoms with Gasteiger partial charge < -0.3 is 9.88 Å². The molecule has 1 unspecified atom stereocenters. The fourth-order valence-corrected chi connectivity index (χ4v) is 8.72. The maximum Gasteiger partial charge on any atom is 0.201 e. The number of thiophene rings is 1. The Balaban J connectivity index is 1.02. The Labute approximate surface area is 294 Å². The molecular weight excluding hydrogens is 627 g/mol. The lowest BCUT2D eigenvalue weighted by Crippen LogP contribution is -2.25. The third-order valence-electron chi connectivity index (χ3n) is 9.90.